The van der Waals surface area contributed by atoms with Gasteiger partial charge in [0.25, 0.3) is 0 Å². The molecule has 0 amide bonds. The molecule has 0 saturated heterocycles. The summed E-state index contributed by atoms with van der Waals surface area (Å²) in [5, 5.41) is 10.4. The summed E-state index contributed by atoms with van der Waals surface area (Å²) in [5.74, 6) is 0. The third kappa shape index (κ3) is 3.39. The molecule has 1 aromatic carbocycles. The first-order valence-corrected chi connectivity index (χ1v) is 7.25. The molecule has 2 atom stereocenters. The second-order valence-corrected chi connectivity index (χ2v) is 6.19. The number of aliphatic hydroxyl groups excluding tert-OH is 1. The zero-order valence-electron chi connectivity index (χ0n) is 10.4. The van der Waals surface area contributed by atoms with Gasteiger partial charge in [-0.15, -0.1) is 11.8 Å². The van der Waals surface area contributed by atoms with Gasteiger partial charge in [-0.05, 0) is 43.5 Å². The lowest BCUT2D eigenvalue weighted by molar-refractivity contribution is 0.163. The lowest BCUT2D eigenvalue weighted by Crippen LogP contribution is -2.21. The number of anilines is 1. The molecule has 1 aromatic rings. The van der Waals surface area contributed by atoms with Crippen LogP contribution in [0.3, 0.4) is 0 Å². The molecule has 3 N–H and O–H groups in total. The summed E-state index contributed by atoms with van der Waals surface area (Å²) in [4.78, 5) is 1.22. The van der Waals surface area contributed by atoms with Gasteiger partial charge in [0.2, 0.25) is 0 Å². The van der Waals surface area contributed by atoms with Crippen molar-refractivity contribution in [3.05, 3.63) is 23.8 Å². The van der Waals surface area contributed by atoms with E-state index in [4.69, 9.17) is 5.73 Å². The summed E-state index contributed by atoms with van der Waals surface area (Å²) < 4.78 is 0. The third-order valence-electron chi connectivity index (χ3n) is 3.45. The van der Waals surface area contributed by atoms with Gasteiger partial charge in [0.05, 0.1) is 6.10 Å². The van der Waals surface area contributed by atoms with Crippen LogP contribution in [0.5, 0.6) is 0 Å². The highest BCUT2D eigenvalue weighted by Crippen LogP contribution is 2.34. The van der Waals surface area contributed by atoms with E-state index in [1.54, 1.807) is 11.8 Å². The predicted molar refractivity (Wildman–Crippen MR) is 74.3 cm³/mol. The molecule has 3 heteroatoms. The fourth-order valence-corrected chi connectivity index (χ4v) is 3.61. The summed E-state index contributed by atoms with van der Waals surface area (Å²) in [6.07, 6.45) is 5.58. The molecule has 1 saturated carbocycles. The third-order valence-corrected chi connectivity index (χ3v) is 4.83. The van der Waals surface area contributed by atoms with Crippen molar-refractivity contribution in [3.63, 3.8) is 0 Å². The molecular weight excluding hydrogens is 230 g/mol. The van der Waals surface area contributed by atoms with Crippen LogP contribution in [0.2, 0.25) is 0 Å². The van der Waals surface area contributed by atoms with Gasteiger partial charge in [-0.2, -0.15) is 0 Å². The minimum Gasteiger partial charge on any atom is -0.399 e. The van der Waals surface area contributed by atoms with Gasteiger partial charge in [-0.3, -0.25) is 0 Å². The molecule has 2 unspecified atom stereocenters. The lowest BCUT2D eigenvalue weighted by Gasteiger charge is -2.20. The summed E-state index contributed by atoms with van der Waals surface area (Å²) in [7, 11) is 0. The molecule has 0 aromatic heterocycles. The maximum Gasteiger partial charge on any atom is 0.0662 e. The first kappa shape index (κ1) is 12.8. The fourth-order valence-electron chi connectivity index (χ4n) is 2.29. The molecule has 1 aliphatic carbocycles. The number of aryl methyl sites for hydroxylation is 1. The van der Waals surface area contributed by atoms with Crippen molar-refractivity contribution in [1.29, 1.82) is 0 Å². The summed E-state index contributed by atoms with van der Waals surface area (Å²) >= 11 is 1.80. The Kier molecular flexibility index (Phi) is 4.35. The Bertz CT molecular complexity index is 380. The smallest absolute Gasteiger partial charge is 0.0662 e. The lowest BCUT2D eigenvalue weighted by atomic mass is 10.1. The standard InChI is InChI=1S/C14H21NOS/c1-10-9-11(7-8-12(10)15)17-14-6-4-2-3-5-13(14)16/h7-9,13-14,16H,2-6,15H2,1H3. The molecular formula is C14H21NOS. The number of thioether (sulfide) groups is 1. The van der Waals surface area contributed by atoms with E-state index >= 15 is 0 Å². The number of nitrogen functional groups attached to an aromatic ring is 1. The molecule has 2 rings (SSSR count). The monoisotopic (exact) mass is 251 g/mol. The highest BCUT2D eigenvalue weighted by Gasteiger charge is 2.22. The number of aliphatic hydroxyl groups is 1. The molecule has 0 radical (unpaired) electrons. The first-order valence-electron chi connectivity index (χ1n) is 6.37. The predicted octanol–water partition coefficient (Wildman–Crippen LogP) is 3.36. The zero-order valence-corrected chi connectivity index (χ0v) is 11.2. The molecule has 17 heavy (non-hydrogen) atoms. The van der Waals surface area contributed by atoms with E-state index in [-0.39, 0.29) is 6.10 Å². The van der Waals surface area contributed by atoms with Gasteiger partial charge < -0.3 is 10.8 Å². The molecule has 2 nitrogen and oxygen atoms in total. The molecule has 0 aliphatic heterocycles. The first-order chi connectivity index (χ1) is 8.16. The Morgan fingerprint density at radius 3 is 2.76 bits per heavy atom. The average Bonchev–Trinajstić information content (AvgIpc) is 2.50. The number of nitrogens with two attached hydrogens (primary N) is 1. The van der Waals surface area contributed by atoms with Gasteiger partial charge in [-0.25, -0.2) is 0 Å². The van der Waals surface area contributed by atoms with Gasteiger partial charge in [0.15, 0.2) is 0 Å². The number of benzene rings is 1. The second-order valence-electron chi connectivity index (χ2n) is 4.88. The maximum absolute atomic E-state index is 10.1. The van der Waals surface area contributed by atoms with Crippen LogP contribution >= 0.6 is 11.8 Å². The molecule has 94 valence electrons. The summed E-state index contributed by atoms with van der Waals surface area (Å²) in [5.41, 5.74) is 7.78. The minimum absolute atomic E-state index is 0.152. The Balaban J connectivity index is 2.05. The zero-order chi connectivity index (χ0) is 12.3. The van der Waals surface area contributed by atoms with E-state index in [9.17, 15) is 5.11 Å². The van der Waals surface area contributed by atoms with Crippen LogP contribution in [0.1, 0.15) is 37.7 Å². The molecule has 1 aliphatic rings. The van der Waals surface area contributed by atoms with E-state index in [1.807, 2.05) is 13.0 Å². The van der Waals surface area contributed by atoms with Gasteiger partial charge >= 0.3 is 0 Å². The van der Waals surface area contributed by atoms with Crippen molar-refractivity contribution in [1.82, 2.24) is 0 Å². The Morgan fingerprint density at radius 2 is 2.00 bits per heavy atom. The molecule has 0 bridgehead atoms. The van der Waals surface area contributed by atoms with E-state index in [0.29, 0.717) is 5.25 Å². The van der Waals surface area contributed by atoms with Crippen molar-refractivity contribution >= 4 is 17.4 Å². The number of hydrogen-bond donors (Lipinski definition) is 2. The van der Waals surface area contributed by atoms with Crippen LogP contribution in [-0.2, 0) is 0 Å². The van der Waals surface area contributed by atoms with Gasteiger partial charge in [0, 0.05) is 15.8 Å². The van der Waals surface area contributed by atoms with Crippen LogP contribution in [-0.4, -0.2) is 16.5 Å². The molecule has 0 heterocycles. The van der Waals surface area contributed by atoms with Crippen molar-refractivity contribution in [2.45, 2.75) is 55.3 Å². The van der Waals surface area contributed by atoms with Crippen molar-refractivity contribution in [2.24, 2.45) is 0 Å². The topological polar surface area (TPSA) is 46.2 Å². The van der Waals surface area contributed by atoms with Crippen molar-refractivity contribution < 1.29 is 5.11 Å². The molecule has 1 fully saturated rings. The van der Waals surface area contributed by atoms with Gasteiger partial charge in [-0.1, -0.05) is 19.3 Å². The minimum atomic E-state index is -0.152. The average molecular weight is 251 g/mol. The van der Waals surface area contributed by atoms with E-state index < -0.39 is 0 Å². The van der Waals surface area contributed by atoms with Crippen molar-refractivity contribution in [3.8, 4) is 0 Å². The van der Waals surface area contributed by atoms with E-state index in [2.05, 4.69) is 12.1 Å². The summed E-state index contributed by atoms with van der Waals surface area (Å²) in [6.45, 7) is 2.03. The van der Waals surface area contributed by atoms with Crippen LogP contribution in [0.25, 0.3) is 0 Å². The highest BCUT2D eigenvalue weighted by molar-refractivity contribution is 8.00. The normalized spacial score (nSPS) is 25.5. The van der Waals surface area contributed by atoms with Crippen LogP contribution in [0, 0.1) is 6.92 Å². The SMILES string of the molecule is Cc1cc(SC2CCCCCC2O)ccc1N. The van der Waals surface area contributed by atoms with Crippen LogP contribution < -0.4 is 5.73 Å². The number of hydrogen-bond acceptors (Lipinski definition) is 3. The molecule has 0 spiro atoms. The van der Waals surface area contributed by atoms with E-state index in [1.165, 1.54) is 24.2 Å². The Labute approximate surface area is 108 Å². The Hall–Kier alpha value is -0.670. The van der Waals surface area contributed by atoms with Crippen LogP contribution in [0.15, 0.2) is 23.1 Å². The number of rotatable bonds is 2. The van der Waals surface area contributed by atoms with Crippen molar-refractivity contribution in [2.75, 3.05) is 5.73 Å². The maximum atomic E-state index is 10.1. The largest absolute Gasteiger partial charge is 0.399 e. The van der Waals surface area contributed by atoms with E-state index in [0.717, 1.165) is 24.1 Å². The highest BCUT2D eigenvalue weighted by atomic mass is 32.2. The second kappa shape index (κ2) is 5.78. The van der Waals surface area contributed by atoms with Crippen LogP contribution in [0.4, 0.5) is 5.69 Å². The Morgan fingerprint density at radius 1 is 1.24 bits per heavy atom. The van der Waals surface area contributed by atoms with Gasteiger partial charge in [0.1, 0.15) is 0 Å². The summed E-state index contributed by atoms with van der Waals surface area (Å²) in [6, 6.07) is 6.14. The quantitative estimate of drug-likeness (QED) is 0.626. The fraction of sp³-hybridized carbons (Fsp3) is 0.571.